The van der Waals surface area contributed by atoms with Crippen molar-refractivity contribution in [3.05, 3.63) is 28.2 Å². The van der Waals surface area contributed by atoms with Crippen LogP contribution in [0, 0.1) is 0 Å². The van der Waals surface area contributed by atoms with Crippen LogP contribution in [0.25, 0.3) is 0 Å². The van der Waals surface area contributed by atoms with Gasteiger partial charge >= 0.3 is 6.09 Å². The van der Waals surface area contributed by atoms with Crippen molar-refractivity contribution in [2.75, 3.05) is 27.2 Å². The van der Waals surface area contributed by atoms with E-state index in [-0.39, 0.29) is 23.0 Å². The molecule has 1 atom stereocenters. The second-order valence-corrected chi connectivity index (χ2v) is 9.64. The van der Waals surface area contributed by atoms with E-state index < -0.39 is 27.8 Å². The monoisotopic (exact) mass is 426 g/mol. The summed E-state index contributed by atoms with van der Waals surface area (Å²) in [6.45, 7) is 5.23. The number of methoxy groups -OCH3 is 1. The van der Waals surface area contributed by atoms with Crippen molar-refractivity contribution in [3.63, 3.8) is 0 Å². The van der Waals surface area contributed by atoms with Gasteiger partial charge in [-0.2, -0.15) is 4.31 Å². The Morgan fingerprint density at radius 1 is 1.27 bits per heavy atom. The first kappa shape index (κ1) is 23.0. The van der Waals surface area contributed by atoms with Crippen molar-refractivity contribution in [2.45, 2.75) is 37.3 Å². The van der Waals surface area contributed by atoms with E-state index in [4.69, 9.17) is 27.9 Å². The van der Waals surface area contributed by atoms with E-state index in [2.05, 4.69) is 0 Å². The van der Waals surface area contributed by atoms with Gasteiger partial charge in [-0.1, -0.05) is 23.2 Å². The van der Waals surface area contributed by atoms with E-state index in [0.29, 0.717) is 5.02 Å². The molecule has 148 valence electrons. The van der Waals surface area contributed by atoms with Gasteiger partial charge in [0.25, 0.3) is 0 Å². The molecule has 1 unspecified atom stereocenters. The maximum atomic E-state index is 12.7. The molecule has 0 aliphatic rings. The summed E-state index contributed by atoms with van der Waals surface area (Å²) in [5.74, 6) is 0. The number of rotatable bonds is 7. The third-order valence-electron chi connectivity index (χ3n) is 3.80. The summed E-state index contributed by atoms with van der Waals surface area (Å²) in [7, 11) is -1.10. The maximum absolute atomic E-state index is 12.7. The lowest BCUT2D eigenvalue weighted by Crippen LogP contribution is -2.51. The van der Waals surface area contributed by atoms with Gasteiger partial charge in [-0.15, -0.1) is 0 Å². The second kappa shape index (κ2) is 8.75. The quantitative estimate of drug-likeness (QED) is 0.721. The molecule has 1 aromatic rings. The average Bonchev–Trinajstić information content (AvgIpc) is 2.48. The summed E-state index contributed by atoms with van der Waals surface area (Å²) in [6, 6.07) is 4.12. The largest absolute Gasteiger partial charge is 0.465 e. The van der Waals surface area contributed by atoms with Crippen LogP contribution < -0.4 is 0 Å². The van der Waals surface area contributed by atoms with E-state index in [0.717, 1.165) is 4.31 Å². The van der Waals surface area contributed by atoms with E-state index in [1.165, 1.54) is 37.3 Å². The Bertz CT molecular complexity index is 749. The van der Waals surface area contributed by atoms with Crippen LogP contribution in [0.2, 0.25) is 10.0 Å². The summed E-state index contributed by atoms with van der Waals surface area (Å²) < 4.78 is 31.9. The van der Waals surface area contributed by atoms with Crippen LogP contribution in [0.1, 0.15) is 20.8 Å². The smallest absolute Gasteiger partial charge is 0.407 e. The lowest BCUT2D eigenvalue weighted by atomic mass is 10.1. The van der Waals surface area contributed by atoms with Gasteiger partial charge < -0.3 is 14.7 Å². The standard InChI is InChI=1S/C16H24Cl2N2O5S/c1-16(2,3)20(15(21)22)10-12(25-5)9-19(4)26(23,24)14-7-6-11(17)8-13(14)18/h6-8,12H,9-10H2,1-5H3,(H,21,22). The van der Waals surface area contributed by atoms with Crippen molar-refractivity contribution in [1.82, 2.24) is 9.21 Å². The summed E-state index contributed by atoms with van der Waals surface area (Å²) in [5.41, 5.74) is -0.653. The van der Waals surface area contributed by atoms with Gasteiger partial charge in [0.2, 0.25) is 10.0 Å². The van der Waals surface area contributed by atoms with Crippen molar-refractivity contribution < 1.29 is 23.1 Å². The Hall–Kier alpha value is -1.06. The molecular weight excluding hydrogens is 403 g/mol. The Balaban J connectivity index is 3.01. The molecule has 0 fully saturated rings. The summed E-state index contributed by atoms with van der Waals surface area (Å²) in [5, 5.41) is 9.74. The molecule has 1 aromatic carbocycles. The number of hydrogen-bond acceptors (Lipinski definition) is 4. The fourth-order valence-electron chi connectivity index (χ4n) is 2.29. The van der Waals surface area contributed by atoms with Crippen LogP contribution in [-0.4, -0.2) is 67.7 Å². The fourth-order valence-corrected chi connectivity index (χ4v) is 4.23. The topological polar surface area (TPSA) is 87.2 Å². The minimum Gasteiger partial charge on any atom is -0.465 e. The Kier molecular flexibility index (Phi) is 7.74. The highest BCUT2D eigenvalue weighted by Crippen LogP contribution is 2.27. The molecule has 0 spiro atoms. The number of halogens is 2. The Labute approximate surface area is 164 Å². The molecule has 1 N–H and O–H groups in total. The predicted molar refractivity (Wildman–Crippen MR) is 102 cm³/mol. The third-order valence-corrected chi connectivity index (χ3v) is 6.34. The number of hydrogen-bond donors (Lipinski definition) is 1. The molecule has 0 saturated carbocycles. The normalized spacial score (nSPS) is 13.7. The zero-order chi connectivity index (χ0) is 20.3. The van der Waals surface area contributed by atoms with Gasteiger partial charge in [-0.3, -0.25) is 0 Å². The minimum atomic E-state index is -3.89. The first-order valence-electron chi connectivity index (χ1n) is 7.75. The van der Waals surface area contributed by atoms with E-state index in [1.54, 1.807) is 20.8 Å². The van der Waals surface area contributed by atoms with Crippen molar-refractivity contribution in [1.29, 1.82) is 0 Å². The number of amides is 1. The van der Waals surface area contributed by atoms with Crippen LogP contribution in [0.5, 0.6) is 0 Å². The molecule has 7 nitrogen and oxygen atoms in total. The predicted octanol–water partition coefficient (Wildman–Crippen LogP) is 3.41. The second-order valence-electron chi connectivity index (χ2n) is 6.78. The van der Waals surface area contributed by atoms with Gasteiger partial charge in [0, 0.05) is 31.3 Å². The number of ether oxygens (including phenoxy) is 1. The first-order valence-corrected chi connectivity index (χ1v) is 9.95. The van der Waals surface area contributed by atoms with Crippen LogP contribution in [0.3, 0.4) is 0 Å². The SMILES string of the molecule is COC(CN(C(=O)O)C(C)(C)C)CN(C)S(=O)(=O)c1ccc(Cl)cc1Cl. The van der Waals surface area contributed by atoms with Gasteiger partial charge in [0.1, 0.15) is 4.90 Å². The fraction of sp³-hybridized carbons (Fsp3) is 0.562. The number of likely N-dealkylation sites (N-methyl/N-ethyl adjacent to an activating group) is 1. The van der Waals surface area contributed by atoms with Crippen molar-refractivity contribution >= 4 is 39.3 Å². The van der Waals surface area contributed by atoms with Crippen LogP contribution >= 0.6 is 23.2 Å². The average molecular weight is 427 g/mol. The number of carboxylic acid groups (broad SMARTS) is 1. The molecule has 0 aliphatic heterocycles. The minimum absolute atomic E-state index is 0.0140. The lowest BCUT2D eigenvalue weighted by Gasteiger charge is -2.36. The Morgan fingerprint density at radius 3 is 2.27 bits per heavy atom. The van der Waals surface area contributed by atoms with E-state index in [1.807, 2.05) is 0 Å². The third kappa shape index (κ3) is 5.72. The van der Waals surface area contributed by atoms with Crippen molar-refractivity contribution in [2.24, 2.45) is 0 Å². The molecule has 26 heavy (non-hydrogen) atoms. The molecule has 0 bridgehead atoms. The zero-order valence-corrected chi connectivity index (χ0v) is 17.7. The first-order chi connectivity index (χ1) is 11.8. The van der Waals surface area contributed by atoms with Crippen molar-refractivity contribution in [3.8, 4) is 0 Å². The number of carbonyl (C=O) groups is 1. The molecular formula is C16H24Cl2N2O5S. The molecule has 0 radical (unpaired) electrons. The Morgan fingerprint density at radius 2 is 1.85 bits per heavy atom. The summed E-state index contributed by atoms with van der Waals surface area (Å²) in [6.07, 6.45) is -1.76. The molecule has 0 aromatic heterocycles. The van der Waals surface area contributed by atoms with Crippen LogP contribution in [0.4, 0.5) is 4.79 Å². The molecule has 10 heteroatoms. The molecule has 0 heterocycles. The van der Waals surface area contributed by atoms with Gasteiger partial charge in [0.15, 0.2) is 0 Å². The van der Waals surface area contributed by atoms with Crippen LogP contribution in [-0.2, 0) is 14.8 Å². The lowest BCUT2D eigenvalue weighted by molar-refractivity contribution is 0.0264. The number of sulfonamides is 1. The highest BCUT2D eigenvalue weighted by atomic mass is 35.5. The molecule has 1 rings (SSSR count). The number of nitrogens with zero attached hydrogens (tertiary/aromatic N) is 2. The van der Waals surface area contributed by atoms with Gasteiger partial charge in [-0.25, -0.2) is 13.2 Å². The zero-order valence-electron chi connectivity index (χ0n) is 15.4. The van der Waals surface area contributed by atoms with Crippen LogP contribution in [0.15, 0.2) is 23.1 Å². The van der Waals surface area contributed by atoms with E-state index >= 15 is 0 Å². The molecule has 0 aliphatic carbocycles. The van der Waals surface area contributed by atoms with Gasteiger partial charge in [-0.05, 0) is 39.0 Å². The highest BCUT2D eigenvalue weighted by molar-refractivity contribution is 7.89. The highest BCUT2D eigenvalue weighted by Gasteiger charge is 2.31. The van der Waals surface area contributed by atoms with E-state index in [9.17, 15) is 18.3 Å². The summed E-state index contributed by atoms with van der Waals surface area (Å²) in [4.78, 5) is 12.6. The summed E-state index contributed by atoms with van der Waals surface area (Å²) >= 11 is 11.8. The van der Waals surface area contributed by atoms with Gasteiger partial charge in [0.05, 0.1) is 17.7 Å². The molecule has 1 amide bonds. The number of benzene rings is 1. The molecule has 0 saturated heterocycles. The maximum Gasteiger partial charge on any atom is 0.407 e.